The lowest BCUT2D eigenvalue weighted by Gasteiger charge is -2.24. The van der Waals surface area contributed by atoms with Crippen LogP contribution in [-0.2, 0) is 6.54 Å². The highest BCUT2D eigenvalue weighted by Gasteiger charge is 2.29. The van der Waals surface area contributed by atoms with E-state index in [1.807, 2.05) is 18.3 Å². The molecule has 0 bridgehead atoms. The second-order valence-electron chi connectivity index (χ2n) is 5.45. The number of anilines is 1. The van der Waals surface area contributed by atoms with Crippen LogP contribution in [0, 0.1) is 0 Å². The summed E-state index contributed by atoms with van der Waals surface area (Å²) in [6, 6.07) is 13.4. The van der Waals surface area contributed by atoms with Crippen molar-refractivity contribution in [2.45, 2.75) is 44.9 Å². The first kappa shape index (κ1) is 13.7. The van der Waals surface area contributed by atoms with Crippen molar-refractivity contribution in [2.24, 2.45) is 0 Å². The SMILES string of the molecule is CC[C@@H](O)c1ccc(N(Cc2cccs2)C2CC2)cc1. The number of benzene rings is 1. The van der Waals surface area contributed by atoms with Crippen LogP contribution in [0.25, 0.3) is 0 Å². The van der Waals surface area contributed by atoms with E-state index in [0.29, 0.717) is 6.04 Å². The number of aliphatic hydroxyl groups is 1. The van der Waals surface area contributed by atoms with Gasteiger partial charge in [-0.1, -0.05) is 25.1 Å². The van der Waals surface area contributed by atoms with Gasteiger partial charge >= 0.3 is 0 Å². The van der Waals surface area contributed by atoms with Crippen LogP contribution < -0.4 is 4.90 Å². The van der Waals surface area contributed by atoms with Crippen LogP contribution in [0.4, 0.5) is 5.69 Å². The minimum Gasteiger partial charge on any atom is -0.388 e. The summed E-state index contributed by atoms with van der Waals surface area (Å²) in [7, 11) is 0. The Bertz CT molecular complexity index is 531. The predicted molar refractivity (Wildman–Crippen MR) is 85.2 cm³/mol. The lowest BCUT2D eigenvalue weighted by molar-refractivity contribution is 0.173. The Morgan fingerprint density at radius 2 is 2.00 bits per heavy atom. The van der Waals surface area contributed by atoms with Crippen molar-refractivity contribution < 1.29 is 5.11 Å². The van der Waals surface area contributed by atoms with Gasteiger partial charge in [0.1, 0.15) is 0 Å². The summed E-state index contributed by atoms with van der Waals surface area (Å²) in [6.45, 7) is 3.00. The molecule has 0 amide bonds. The number of hydrogen-bond acceptors (Lipinski definition) is 3. The van der Waals surface area contributed by atoms with Crippen molar-refractivity contribution in [3.8, 4) is 0 Å². The molecule has 0 radical (unpaired) electrons. The second kappa shape index (κ2) is 5.98. The first-order chi connectivity index (χ1) is 9.78. The lowest BCUT2D eigenvalue weighted by atomic mass is 10.1. The molecule has 1 aromatic heterocycles. The van der Waals surface area contributed by atoms with Crippen LogP contribution in [-0.4, -0.2) is 11.1 Å². The molecule has 0 unspecified atom stereocenters. The molecule has 2 nitrogen and oxygen atoms in total. The summed E-state index contributed by atoms with van der Waals surface area (Å²) in [5, 5.41) is 12.0. The van der Waals surface area contributed by atoms with E-state index in [4.69, 9.17) is 0 Å². The molecular formula is C17H21NOS. The molecule has 1 atom stereocenters. The number of rotatable bonds is 6. The van der Waals surface area contributed by atoms with Gasteiger partial charge in [-0.25, -0.2) is 0 Å². The van der Waals surface area contributed by atoms with Crippen molar-refractivity contribution in [1.82, 2.24) is 0 Å². The highest BCUT2D eigenvalue weighted by atomic mass is 32.1. The van der Waals surface area contributed by atoms with Crippen molar-refractivity contribution >= 4 is 17.0 Å². The van der Waals surface area contributed by atoms with Crippen molar-refractivity contribution in [1.29, 1.82) is 0 Å². The molecule has 1 aromatic carbocycles. The van der Waals surface area contributed by atoms with E-state index < -0.39 is 0 Å². The molecule has 3 rings (SSSR count). The average Bonchev–Trinajstić information content (AvgIpc) is 3.21. The maximum Gasteiger partial charge on any atom is 0.0787 e. The molecule has 20 heavy (non-hydrogen) atoms. The van der Waals surface area contributed by atoms with Gasteiger partial charge in [-0.15, -0.1) is 11.3 Å². The molecule has 1 fully saturated rings. The molecule has 1 saturated carbocycles. The third-order valence-electron chi connectivity index (χ3n) is 3.89. The molecule has 2 aromatic rings. The summed E-state index contributed by atoms with van der Waals surface area (Å²) in [5.74, 6) is 0. The molecule has 1 aliphatic rings. The number of nitrogens with zero attached hydrogens (tertiary/aromatic N) is 1. The Morgan fingerprint density at radius 3 is 2.55 bits per heavy atom. The quantitative estimate of drug-likeness (QED) is 0.853. The number of thiophene rings is 1. The molecule has 106 valence electrons. The Labute approximate surface area is 124 Å². The highest BCUT2D eigenvalue weighted by Crippen LogP contribution is 2.34. The van der Waals surface area contributed by atoms with E-state index >= 15 is 0 Å². The van der Waals surface area contributed by atoms with Gasteiger partial charge in [0.15, 0.2) is 0 Å². The molecule has 0 saturated heterocycles. The van der Waals surface area contributed by atoms with E-state index in [1.54, 1.807) is 0 Å². The first-order valence-electron chi connectivity index (χ1n) is 7.35. The Hall–Kier alpha value is -1.32. The zero-order chi connectivity index (χ0) is 13.9. The van der Waals surface area contributed by atoms with Crippen LogP contribution in [0.5, 0.6) is 0 Å². The zero-order valence-electron chi connectivity index (χ0n) is 11.8. The minimum absolute atomic E-state index is 0.337. The van der Waals surface area contributed by atoms with Crippen LogP contribution in [0.1, 0.15) is 42.7 Å². The average molecular weight is 287 g/mol. The monoisotopic (exact) mass is 287 g/mol. The summed E-state index contributed by atoms with van der Waals surface area (Å²) >= 11 is 1.82. The zero-order valence-corrected chi connectivity index (χ0v) is 12.6. The van der Waals surface area contributed by atoms with Gasteiger partial charge in [-0.3, -0.25) is 0 Å². The van der Waals surface area contributed by atoms with E-state index in [0.717, 1.165) is 18.5 Å². The summed E-state index contributed by atoms with van der Waals surface area (Å²) < 4.78 is 0. The standard InChI is InChI=1S/C17H21NOS/c1-2-17(19)13-5-7-14(8-6-13)18(15-9-10-15)12-16-4-3-11-20-16/h3-8,11,15,17,19H,2,9-10,12H2,1H3/t17-/m1/s1. The van der Waals surface area contributed by atoms with Gasteiger partial charge < -0.3 is 10.0 Å². The second-order valence-corrected chi connectivity index (χ2v) is 6.49. The summed E-state index contributed by atoms with van der Waals surface area (Å²) in [6.07, 6.45) is 3.02. The van der Waals surface area contributed by atoms with Gasteiger partial charge in [-0.2, -0.15) is 0 Å². The number of hydrogen-bond donors (Lipinski definition) is 1. The highest BCUT2D eigenvalue weighted by molar-refractivity contribution is 7.09. The van der Waals surface area contributed by atoms with E-state index in [2.05, 4.69) is 46.7 Å². The Balaban J connectivity index is 1.77. The van der Waals surface area contributed by atoms with Crippen molar-refractivity contribution in [3.05, 3.63) is 52.2 Å². The molecule has 0 spiro atoms. The molecule has 1 aliphatic carbocycles. The van der Waals surface area contributed by atoms with Gasteiger partial charge in [0.2, 0.25) is 0 Å². The minimum atomic E-state index is -0.337. The van der Waals surface area contributed by atoms with Gasteiger partial charge in [0, 0.05) is 16.6 Å². The van der Waals surface area contributed by atoms with Crippen LogP contribution >= 0.6 is 11.3 Å². The maximum atomic E-state index is 9.88. The third kappa shape index (κ3) is 3.05. The maximum absolute atomic E-state index is 9.88. The van der Waals surface area contributed by atoms with Crippen LogP contribution in [0.2, 0.25) is 0 Å². The summed E-state index contributed by atoms with van der Waals surface area (Å²) in [4.78, 5) is 3.91. The number of aliphatic hydroxyl groups excluding tert-OH is 1. The van der Waals surface area contributed by atoms with Gasteiger partial charge in [0.25, 0.3) is 0 Å². The van der Waals surface area contributed by atoms with E-state index in [1.165, 1.54) is 23.4 Å². The first-order valence-corrected chi connectivity index (χ1v) is 8.23. The largest absolute Gasteiger partial charge is 0.388 e. The fourth-order valence-electron chi connectivity index (χ4n) is 2.51. The topological polar surface area (TPSA) is 23.5 Å². The Kier molecular flexibility index (Phi) is 4.08. The third-order valence-corrected chi connectivity index (χ3v) is 4.75. The fourth-order valence-corrected chi connectivity index (χ4v) is 3.21. The molecule has 3 heteroatoms. The summed E-state index contributed by atoms with van der Waals surface area (Å²) in [5.41, 5.74) is 2.29. The molecule has 0 aliphatic heterocycles. The smallest absolute Gasteiger partial charge is 0.0787 e. The normalized spacial score (nSPS) is 16.1. The Morgan fingerprint density at radius 1 is 1.25 bits per heavy atom. The fraction of sp³-hybridized carbons (Fsp3) is 0.412. The van der Waals surface area contributed by atoms with Gasteiger partial charge in [0.05, 0.1) is 12.6 Å². The van der Waals surface area contributed by atoms with Crippen LogP contribution in [0.3, 0.4) is 0 Å². The predicted octanol–water partition coefficient (Wildman–Crippen LogP) is 4.36. The molecule has 1 N–H and O–H groups in total. The van der Waals surface area contributed by atoms with Crippen molar-refractivity contribution in [3.63, 3.8) is 0 Å². The lowest BCUT2D eigenvalue weighted by Crippen LogP contribution is -2.24. The van der Waals surface area contributed by atoms with E-state index in [9.17, 15) is 5.11 Å². The van der Waals surface area contributed by atoms with Crippen molar-refractivity contribution in [2.75, 3.05) is 4.90 Å². The van der Waals surface area contributed by atoms with Crippen LogP contribution in [0.15, 0.2) is 41.8 Å². The molecular weight excluding hydrogens is 266 g/mol. The molecule has 1 heterocycles. The van der Waals surface area contributed by atoms with Gasteiger partial charge in [-0.05, 0) is 48.4 Å². The van der Waals surface area contributed by atoms with E-state index in [-0.39, 0.29) is 6.10 Å².